The molecule has 2 N–H and O–H groups in total. The van der Waals surface area contributed by atoms with Gasteiger partial charge in [0.05, 0.1) is 13.3 Å². The average Bonchev–Trinajstić information content (AvgIpc) is 2.59. The molecule has 0 aliphatic carbocycles. The van der Waals surface area contributed by atoms with Crippen LogP contribution in [0.3, 0.4) is 0 Å². The summed E-state index contributed by atoms with van der Waals surface area (Å²) in [6, 6.07) is 3.56. The van der Waals surface area contributed by atoms with E-state index in [0.717, 1.165) is 0 Å². The molecule has 0 aromatic carbocycles. The highest BCUT2D eigenvalue weighted by molar-refractivity contribution is 6.32. The second-order valence-corrected chi connectivity index (χ2v) is 3.24. The van der Waals surface area contributed by atoms with Gasteiger partial charge in [0.1, 0.15) is 5.02 Å². The molecule has 0 aliphatic rings. The molecule has 0 unspecified atom stereocenters. The smallest absolute Gasteiger partial charge is 0.196 e. The highest BCUT2D eigenvalue weighted by atomic mass is 35.5. The third-order valence-electron chi connectivity index (χ3n) is 1.88. The molecule has 15 heavy (non-hydrogen) atoms. The van der Waals surface area contributed by atoms with Gasteiger partial charge >= 0.3 is 0 Å². The first-order valence-electron chi connectivity index (χ1n) is 4.22. The summed E-state index contributed by atoms with van der Waals surface area (Å²) in [6.45, 7) is 0. The van der Waals surface area contributed by atoms with Crippen molar-refractivity contribution < 1.29 is 4.74 Å². The summed E-state index contributed by atoms with van der Waals surface area (Å²) in [5.41, 5.74) is 5.54. The molecule has 0 saturated carbocycles. The van der Waals surface area contributed by atoms with Crippen LogP contribution in [0.4, 0.5) is 5.82 Å². The zero-order valence-electron chi connectivity index (χ0n) is 8.01. The molecule has 0 atom stereocenters. The fourth-order valence-electron chi connectivity index (χ4n) is 1.19. The van der Waals surface area contributed by atoms with Crippen molar-refractivity contribution in [2.24, 2.45) is 0 Å². The third-order valence-corrected chi connectivity index (χ3v) is 2.17. The minimum Gasteiger partial charge on any atom is -0.493 e. The van der Waals surface area contributed by atoms with Gasteiger partial charge in [-0.25, -0.2) is 9.67 Å². The summed E-state index contributed by atoms with van der Waals surface area (Å²) >= 11 is 5.80. The monoisotopic (exact) mass is 224 g/mol. The number of pyridine rings is 1. The Morgan fingerprint density at radius 2 is 2.33 bits per heavy atom. The standard InChI is InChI=1S/C9H9ClN4O/c1-15-7-3-2-4-12-9(7)14-5-6(10)8(11)13-14/h2-5H,1H3,(H2,11,13). The van der Waals surface area contributed by atoms with Crippen molar-refractivity contribution in [1.29, 1.82) is 0 Å². The van der Waals surface area contributed by atoms with Crippen molar-refractivity contribution in [2.75, 3.05) is 12.8 Å². The Balaban J connectivity index is 2.53. The number of nitrogens with two attached hydrogens (primary N) is 1. The SMILES string of the molecule is COc1cccnc1-n1cc(Cl)c(N)n1. The van der Waals surface area contributed by atoms with E-state index in [1.807, 2.05) is 0 Å². The van der Waals surface area contributed by atoms with Crippen LogP contribution in [0.2, 0.25) is 5.02 Å². The van der Waals surface area contributed by atoms with Crippen LogP contribution in [0.15, 0.2) is 24.5 Å². The minimum atomic E-state index is 0.268. The van der Waals surface area contributed by atoms with Gasteiger partial charge in [0.15, 0.2) is 17.4 Å². The van der Waals surface area contributed by atoms with Crippen LogP contribution in [-0.2, 0) is 0 Å². The van der Waals surface area contributed by atoms with Gasteiger partial charge in [0.25, 0.3) is 0 Å². The van der Waals surface area contributed by atoms with Crippen molar-refractivity contribution in [2.45, 2.75) is 0 Å². The maximum Gasteiger partial charge on any atom is 0.196 e. The maximum atomic E-state index is 5.80. The maximum absolute atomic E-state index is 5.80. The Labute approximate surface area is 91.4 Å². The molecule has 6 heteroatoms. The number of methoxy groups -OCH3 is 1. The van der Waals surface area contributed by atoms with Crippen LogP contribution in [0.5, 0.6) is 5.75 Å². The van der Waals surface area contributed by atoms with Crippen LogP contribution >= 0.6 is 11.6 Å². The molecule has 0 radical (unpaired) electrons. The molecular weight excluding hydrogens is 216 g/mol. The van der Waals surface area contributed by atoms with Gasteiger partial charge in [-0.05, 0) is 12.1 Å². The lowest BCUT2D eigenvalue weighted by Gasteiger charge is -2.05. The number of aromatic nitrogens is 3. The zero-order valence-corrected chi connectivity index (χ0v) is 8.77. The summed E-state index contributed by atoms with van der Waals surface area (Å²) < 4.78 is 6.62. The number of nitrogens with zero attached hydrogens (tertiary/aromatic N) is 3. The fourth-order valence-corrected chi connectivity index (χ4v) is 1.32. The normalized spacial score (nSPS) is 10.3. The lowest BCUT2D eigenvalue weighted by molar-refractivity contribution is 0.409. The van der Waals surface area contributed by atoms with Gasteiger partial charge < -0.3 is 10.5 Å². The summed E-state index contributed by atoms with van der Waals surface area (Å²) in [7, 11) is 1.56. The lowest BCUT2D eigenvalue weighted by atomic mass is 10.4. The number of hydrogen-bond donors (Lipinski definition) is 1. The van der Waals surface area contributed by atoms with E-state index in [1.54, 1.807) is 31.6 Å². The molecule has 2 rings (SSSR count). The van der Waals surface area contributed by atoms with Crippen molar-refractivity contribution in [1.82, 2.24) is 14.8 Å². The molecule has 2 aromatic rings. The fraction of sp³-hybridized carbons (Fsp3) is 0.111. The molecule has 2 aromatic heterocycles. The highest BCUT2D eigenvalue weighted by Crippen LogP contribution is 2.23. The molecular formula is C9H9ClN4O. The van der Waals surface area contributed by atoms with Crippen LogP contribution in [0, 0.1) is 0 Å². The van der Waals surface area contributed by atoms with Gasteiger partial charge in [0, 0.05) is 6.20 Å². The van der Waals surface area contributed by atoms with Crippen molar-refractivity contribution in [3.63, 3.8) is 0 Å². The summed E-state index contributed by atoms with van der Waals surface area (Å²) in [5.74, 6) is 1.43. The first-order valence-corrected chi connectivity index (χ1v) is 4.60. The second-order valence-electron chi connectivity index (χ2n) is 2.84. The lowest BCUT2D eigenvalue weighted by Crippen LogP contribution is -2.01. The molecule has 0 aliphatic heterocycles. The van der Waals surface area contributed by atoms with Crippen molar-refractivity contribution >= 4 is 17.4 Å². The predicted molar refractivity (Wildman–Crippen MR) is 57.3 cm³/mol. The Bertz CT molecular complexity index is 463. The minimum absolute atomic E-state index is 0.268. The van der Waals surface area contributed by atoms with E-state index in [4.69, 9.17) is 22.1 Å². The predicted octanol–water partition coefficient (Wildman–Crippen LogP) is 1.51. The van der Waals surface area contributed by atoms with E-state index in [1.165, 1.54) is 4.68 Å². The number of hydrogen-bond acceptors (Lipinski definition) is 4. The van der Waals surface area contributed by atoms with Crippen molar-refractivity contribution in [3.8, 4) is 11.6 Å². The molecule has 78 valence electrons. The third kappa shape index (κ3) is 1.73. The number of rotatable bonds is 2. The van der Waals surface area contributed by atoms with Gasteiger partial charge in [-0.2, -0.15) is 0 Å². The Kier molecular flexibility index (Phi) is 2.47. The molecule has 2 heterocycles. The molecule has 0 spiro atoms. The zero-order chi connectivity index (χ0) is 10.8. The summed E-state index contributed by atoms with van der Waals surface area (Å²) in [6.07, 6.45) is 3.23. The van der Waals surface area contributed by atoms with Crippen molar-refractivity contribution in [3.05, 3.63) is 29.5 Å². The first-order chi connectivity index (χ1) is 7.22. The Morgan fingerprint density at radius 3 is 2.93 bits per heavy atom. The van der Waals surface area contributed by atoms with Crippen LogP contribution in [0.25, 0.3) is 5.82 Å². The molecule has 0 bridgehead atoms. The summed E-state index contributed by atoms with van der Waals surface area (Å²) in [5, 5.41) is 4.40. The van der Waals surface area contributed by atoms with Gasteiger partial charge in [0.2, 0.25) is 0 Å². The molecule has 5 nitrogen and oxygen atoms in total. The van der Waals surface area contributed by atoms with E-state index in [0.29, 0.717) is 16.6 Å². The van der Waals surface area contributed by atoms with Crippen LogP contribution in [0.1, 0.15) is 0 Å². The Hall–Kier alpha value is -1.75. The molecule has 0 saturated heterocycles. The van der Waals surface area contributed by atoms with E-state index >= 15 is 0 Å². The van der Waals surface area contributed by atoms with Crippen LogP contribution in [-0.4, -0.2) is 21.9 Å². The molecule has 0 amide bonds. The molecule has 0 fully saturated rings. The second kappa shape index (κ2) is 3.78. The number of nitrogen functional groups attached to an aromatic ring is 1. The largest absolute Gasteiger partial charge is 0.493 e. The van der Waals surface area contributed by atoms with Crippen LogP contribution < -0.4 is 10.5 Å². The van der Waals surface area contributed by atoms with Gasteiger partial charge in [-0.3, -0.25) is 0 Å². The van der Waals surface area contributed by atoms with E-state index in [2.05, 4.69) is 10.1 Å². The van der Waals surface area contributed by atoms with E-state index in [9.17, 15) is 0 Å². The van der Waals surface area contributed by atoms with E-state index in [-0.39, 0.29) is 5.82 Å². The quantitative estimate of drug-likeness (QED) is 0.840. The van der Waals surface area contributed by atoms with Gasteiger partial charge in [-0.1, -0.05) is 11.6 Å². The van der Waals surface area contributed by atoms with Gasteiger partial charge in [-0.15, -0.1) is 5.10 Å². The average molecular weight is 225 g/mol. The first kappa shape index (κ1) is 9.79. The van der Waals surface area contributed by atoms with E-state index < -0.39 is 0 Å². The topological polar surface area (TPSA) is 66.0 Å². The number of anilines is 1. The highest BCUT2D eigenvalue weighted by Gasteiger charge is 2.09. The number of ether oxygens (including phenoxy) is 1. The number of halogens is 1. The Morgan fingerprint density at radius 1 is 1.53 bits per heavy atom. The summed E-state index contributed by atoms with van der Waals surface area (Å²) in [4.78, 5) is 4.14.